The monoisotopic (exact) mass is 174 g/mol. The van der Waals surface area contributed by atoms with E-state index < -0.39 is 0 Å². The lowest BCUT2D eigenvalue weighted by Gasteiger charge is -2.17. The van der Waals surface area contributed by atoms with Crippen molar-refractivity contribution in [1.29, 1.82) is 0 Å². The third-order valence-electron chi connectivity index (χ3n) is 1.76. The van der Waals surface area contributed by atoms with Crippen LogP contribution in [0.2, 0.25) is 0 Å². The smallest absolute Gasteiger partial charge is 0.186 e. The van der Waals surface area contributed by atoms with Crippen LogP contribution in [0.15, 0.2) is 4.99 Å². The van der Waals surface area contributed by atoms with E-state index in [4.69, 9.17) is 14.3 Å². The molecule has 1 atom stereocenters. The van der Waals surface area contributed by atoms with Crippen LogP contribution in [-0.2, 0) is 14.3 Å². The lowest BCUT2D eigenvalue weighted by atomic mass is 10.2. The Hall–Kier alpha value is -0.650. The zero-order valence-electron chi connectivity index (χ0n) is 7.53. The van der Waals surface area contributed by atoms with Crippen LogP contribution in [0.1, 0.15) is 6.42 Å². The fourth-order valence-corrected chi connectivity index (χ4v) is 1.11. The second-order valence-corrected chi connectivity index (χ2v) is 2.47. The third-order valence-corrected chi connectivity index (χ3v) is 1.76. The molecule has 1 fully saturated rings. The summed E-state index contributed by atoms with van der Waals surface area (Å²) in [6.45, 7) is 0. The Morgan fingerprint density at radius 1 is 1.58 bits per heavy atom. The highest BCUT2D eigenvalue weighted by molar-refractivity contribution is 5.82. The number of rotatable bonds is 3. The molecule has 0 saturated carbocycles. The molecule has 0 spiro atoms. The van der Waals surface area contributed by atoms with E-state index in [-0.39, 0.29) is 12.4 Å². The largest absolute Gasteiger partial charge is 0.353 e. The van der Waals surface area contributed by atoms with Crippen LogP contribution in [0.25, 0.3) is 0 Å². The Morgan fingerprint density at radius 2 is 2.25 bits per heavy atom. The molecule has 1 aliphatic heterocycles. The highest BCUT2D eigenvalue weighted by Gasteiger charge is 2.29. The number of hydroxylamine groups is 1. The van der Waals surface area contributed by atoms with Gasteiger partial charge in [-0.15, -0.1) is 0 Å². The molecule has 1 rings (SSSR count). The summed E-state index contributed by atoms with van der Waals surface area (Å²) in [7, 11) is 4.87. The van der Waals surface area contributed by atoms with Crippen LogP contribution >= 0.6 is 0 Å². The van der Waals surface area contributed by atoms with Gasteiger partial charge in [0.1, 0.15) is 11.9 Å². The zero-order chi connectivity index (χ0) is 8.97. The van der Waals surface area contributed by atoms with Gasteiger partial charge in [-0.1, -0.05) is 0 Å². The lowest BCUT2D eigenvalue weighted by Crippen LogP contribution is -2.30. The maximum Gasteiger partial charge on any atom is 0.186 e. The van der Waals surface area contributed by atoms with Crippen molar-refractivity contribution in [3.8, 4) is 0 Å². The predicted molar refractivity (Wildman–Crippen MR) is 43.8 cm³/mol. The average molecular weight is 174 g/mol. The zero-order valence-corrected chi connectivity index (χ0v) is 7.53. The first-order valence-electron chi connectivity index (χ1n) is 3.74. The number of hydrogen-bond acceptors (Lipinski definition) is 4. The van der Waals surface area contributed by atoms with Gasteiger partial charge in [-0.25, -0.2) is 0 Å². The van der Waals surface area contributed by atoms with Gasteiger partial charge in [0.25, 0.3) is 0 Å². The van der Waals surface area contributed by atoms with Gasteiger partial charge in [0.2, 0.25) is 0 Å². The molecule has 12 heavy (non-hydrogen) atoms. The molecule has 5 nitrogen and oxygen atoms in total. The predicted octanol–water partition coefficient (Wildman–Crippen LogP) is -0.0729. The van der Waals surface area contributed by atoms with E-state index in [0.717, 1.165) is 5.84 Å². The van der Waals surface area contributed by atoms with E-state index in [1.54, 1.807) is 21.3 Å². The quantitative estimate of drug-likeness (QED) is 0.608. The lowest BCUT2D eigenvalue weighted by molar-refractivity contribution is -0.179. The molecule has 0 bridgehead atoms. The molecule has 0 amide bonds. The standard InChI is InChI=1S/C7H14N2O3/c1-8-6-4-5(12-9-6)7(10-2)11-3/h5,7H,4H2,1-3H3,(H,8,9). The fraction of sp³-hybridized carbons (Fsp3) is 0.857. The molecule has 0 aromatic carbocycles. The summed E-state index contributed by atoms with van der Waals surface area (Å²) in [4.78, 5) is 9.13. The number of nitrogens with zero attached hydrogens (tertiary/aromatic N) is 1. The Labute approximate surface area is 71.7 Å². The minimum Gasteiger partial charge on any atom is -0.353 e. The van der Waals surface area contributed by atoms with Gasteiger partial charge < -0.3 is 9.47 Å². The molecule has 70 valence electrons. The van der Waals surface area contributed by atoms with E-state index in [2.05, 4.69) is 10.5 Å². The Balaban J connectivity index is 2.44. The van der Waals surface area contributed by atoms with E-state index in [0.29, 0.717) is 6.42 Å². The van der Waals surface area contributed by atoms with E-state index in [9.17, 15) is 0 Å². The SMILES string of the molecule is CN=C1CC(C(OC)OC)ON1. The molecule has 0 radical (unpaired) electrons. The Bertz CT molecular complexity index is 168. The number of aliphatic imine (C=N–C) groups is 1. The van der Waals surface area contributed by atoms with Crippen LogP contribution in [0.3, 0.4) is 0 Å². The fourth-order valence-electron chi connectivity index (χ4n) is 1.11. The Kier molecular flexibility index (Phi) is 3.46. The molecule has 1 heterocycles. The number of amidine groups is 1. The van der Waals surface area contributed by atoms with Crippen molar-refractivity contribution < 1.29 is 14.3 Å². The minimum absolute atomic E-state index is 0.112. The van der Waals surface area contributed by atoms with Gasteiger partial charge in [0, 0.05) is 27.7 Å². The summed E-state index contributed by atoms with van der Waals surface area (Å²) in [5.74, 6) is 0.819. The number of methoxy groups -OCH3 is 2. The first-order valence-corrected chi connectivity index (χ1v) is 3.74. The number of nitrogens with one attached hydrogen (secondary N) is 1. The number of ether oxygens (including phenoxy) is 2. The molecular weight excluding hydrogens is 160 g/mol. The van der Waals surface area contributed by atoms with Gasteiger partial charge in [0.05, 0.1) is 0 Å². The second kappa shape index (κ2) is 4.39. The molecule has 5 heteroatoms. The molecule has 1 N–H and O–H groups in total. The summed E-state index contributed by atoms with van der Waals surface area (Å²) in [5.41, 5.74) is 2.70. The van der Waals surface area contributed by atoms with Crippen LogP contribution in [0.5, 0.6) is 0 Å². The van der Waals surface area contributed by atoms with Crippen molar-refractivity contribution in [3.63, 3.8) is 0 Å². The van der Waals surface area contributed by atoms with E-state index in [1.807, 2.05) is 0 Å². The second-order valence-electron chi connectivity index (χ2n) is 2.47. The van der Waals surface area contributed by atoms with Crippen LogP contribution in [0, 0.1) is 0 Å². The molecule has 0 aliphatic carbocycles. The van der Waals surface area contributed by atoms with E-state index >= 15 is 0 Å². The highest BCUT2D eigenvalue weighted by Crippen LogP contribution is 2.13. The average Bonchev–Trinajstić information content (AvgIpc) is 2.55. The topological polar surface area (TPSA) is 52.1 Å². The normalized spacial score (nSPS) is 26.7. The molecular formula is C7H14N2O3. The highest BCUT2D eigenvalue weighted by atomic mass is 16.7. The summed E-state index contributed by atoms with van der Waals surface area (Å²) >= 11 is 0. The summed E-state index contributed by atoms with van der Waals surface area (Å²) < 4.78 is 10.1. The van der Waals surface area contributed by atoms with Crippen LogP contribution in [-0.4, -0.2) is 39.5 Å². The molecule has 0 aromatic heterocycles. The van der Waals surface area contributed by atoms with Gasteiger partial charge >= 0.3 is 0 Å². The van der Waals surface area contributed by atoms with Crippen molar-refractivity contribution in [1.82, 2.24) is 5.48 Å². The summed E-state index contributed by atoms with van der Waals surface area (Å²) in [5, 5.41) is 0. The minimum atomic E-state index is -0.336. The molecule has 1 saturated heterocycles. The van der Waals surface area contributed by atoms with Gasteiger partial charge in [-0.05, 0) is 0 Å². The Morgan fingerprint density at radius 3 is 2.67 bits per heavy atom. The maximum absolute atomic E-state index is 5.17. The summed E-state index contributed by atoms with van der Waals surface area (Å²) in [6, 6.07) is 0. The van der Waals surface area contributed by atoms with Crippen molar-refractivity contribution in [2.75, 3.05) is 21.3 Å². The van der Waals surface area contributed by atoms with Gasteiger partial charge in [0.15, 0.2) is 6.29 Å². The van der Waals surface area contributed by atoms with Crippen molar-refractivity contribution >= 4 is 5.84 Å². The maximum atomic E-state index is 5.17. The van der Waals surface area contributed by atoms with Crippen LogP contribution < -0.4 is 5.48 Å². The van der Waals surface area contributed by atoms with E-state index in [1.165, 1.54) is 0 Å². The van der Waals surface area contributed by atoms with Gasteiger partial charge in [-0.2, -0.15) is 0 Å². The van der Waals surface area contributed by atoms with Crippen molar-refractivity contribution in [3.05, 3.63) is 0 Å². The first kappa shape index (κ1) is 9.44. The molecule has 0 aromatic rings. The third kappa shape index (κ3) is 1.94. The molecule has 1 unspecified atom stereocenters. The van der Waals surface area contributed by atoms with Crippen molar-refractivity contribution in [2.24, 2.45) is 4.99 Å². The van der Waals surface area contributed by atoms with Crippen molar-refractivity contribution in [2.45, 2.75) is 18.8 Å². The first-order chi connectivity index (χ1) is 5.81. The number of hydrogen-bond donors (Lipinski definition) is 1. The summed E-state index contributed by atoms with van der Waals surface area (Å²) in [6.07, 6.45) is 0.249. The van der Waals surface area contributed by atoms with Crippen LogP contribution in [0.4, 0.5) is 0 Å². The van der Waals surface area contributed by atoms with Gasteiger partial charge in [-0.3, -0.25) is 15.3 Å². The molecule has 1 aliphatic rings.